The molecule has 0 spiro atoms. The van der Waals surface area contributed by atoms with E-state index in [4.69, 9.17) is 5.11 Å². The van der Waals surface area contributed by atoms with Gasteiger partial charge in [0.1, 0.15) is 0 Å². The van der Waals surface area contributed by atoms with Crippen LogP contribution in [0.25, 0.3) is 0 Å². The molecule has 2 N–H and O–H groups in total. The number of hydrogen-bond donors (Lipinski definition) is 2. The van der Waals surface area contributed by atoms with Crippen LogP contribution in [0.4, 0.5) is 4.79 Å². The first kappa shape index (κ1) is 15.8. The Hall–Kier alpha value is -1.56. The smallest absolute Gasteiger partial charge is 0.317 e. The largest absolute Gasteiger partial charge is 0.481 e. The molecule has 6 heteroatoms. The summed E-state index contributed by atoms with van der Waals surface area (Å²) in [5.41, 5.74) is 1.15. The Morgan fingerprint density at radius 1 is 1.52 bits per heavy atom. The molecule has 0 radical (unpaired) electrons. The molecular weight excluding hydrogens is 288 g/mol. The van der Waals surface area contributed by atoms with Gasteiger partial charge in [-0.2, -0.15) is 11.3 Å². The molecule has 21 heavy (non-hydrogen) atoms. The van der Waals surface area contributed by atoms with Crippen molar-refractivity contribution in [2.24, 2.45) is 5.92 Å². The van der Waals surface area contributed by atoms with Crippen LogP contribution in [-0.4, -0.2) is 34.6 Å². The third-order valence-electron chi connectivity index (χ3n) is 3.76. The Bertz CT molecular complexity index is 471. The van der Waals surface area contributed by atoms with Gasteiger partial charge in [-0.3, -0.25) is 4.79 Å². The van der Waals surface area contributed by atoms with Crippen molar-refractivity contribution in [3.8, 4) is 0 Å². The Morgan fingerprint density at radius 3 is 2.81 bits per heavy atom. The predicted octanol–water partition coefficient (Wildman–Crippen LogP) is 2.92. The number of carboxylic acid groups (broad SMARTS) is 1. The highest BCUT2D eigenvalue weighted by Crippen LogP contribution is 2.28. The topological polar surface area (TPSA) is 69.6 Å². The fourth-order valence-electron chi connectivity index (χ4n) is 2.27. The summed E-state index contributed by atoms with van der Waals surface area (Å²) < 4.78 is 0. The van der Waals surface area contributed by atoms with Gasteiger partial charge in [0.25, 0.3) is 0 Å². The molecule has 116 valence electrons. The number of carbonyl (C=O) groups excluding carboxylic acids is 1. The Kier molecular flexibility index (Phi) is 5.61. The van der Waals surface area contributed by atoms with Crippen molar-refractivity contribution in [2.45, 2.75) is 45.2 Å². The third kappa shape index (κ3) is 5.04. The first-order valence-electron chi connectivity index (χ1n) is 7.37. The van der Waals surface area contributed by atoms with Gasteiger partial charge in [-0.1, -0.05) is 13.3 Å². The van der Waals surface area contributed by atoms with Gasteiger partial charge in [-0.05, 0) is 41.1 Å². The fourth-order valence-corrected chi connectivity index (χ4v) is 2.93. The van der Waals surface area contributed by atoms with Crippen molar-refractivity contribution < 1.29 is 14.7 Å². The molecule has 5 nitrogen and oxygen atoms in total. The van der Waals surface area contributed by atoms with E-state index >= 15 is 0 Å². The van der Waals surface area contributed by atoms with Crippen LogP contribution in [0.1, 0.15) is 38.2 Å². The SMILES string of the molecule is CCC(CNC(=O)N(Cc1ccsc1)C1CC1)CC(=O)O. The van der Waals surface area contributed by atoms with Gasteiger partial charge in [-0.15, -0.1) is 0 Å². The molecule has 0 aromatic carbocycles. The van der Waals surface area contributed by atoms with Crippen molar-refractivity contribution in [1.29, 1.82) is 0 Å². The minimum absolute atomic E-state index is 0.00588. The van der Waals surface area contributed by atoms with Crippen molar-refractivity contribution in [1.82, 2.24) is 10.2 Å². The van der Waals surface area contributed by atoms with Gasteiger partial charge in [0, 0.05) is 25.6 Å². The Morgan fingerprint density at radius 2 is 2.29 bits per heavy atom. The molecule has 1 aliphatic carbocycles. The van der Waals surface area contributed by atoms with Gasteiger partial charge >= 0.3 is 12.0 Å². The summed E-state index contributed by atoms with van der Waals surface area (Å²) >= 11 is 1.63. The molecule has 1 atom stereocenters. The molecule has 2 amide bonds. The zero-order chi connectivity index (χ0) is 15.2. The lowest BCUT2D eigenvalue weighted by Gasteiger charge is -2.24. The molecule has 1 aliphatic rings. The average molecular weight is 310 g/mol. The van der Waals surface area contributed by atoms with Gasteiger partial charge in [-0.25, -0.2) is 4.79 Å². The highest BCUT2D eigenvalue weighted by atomic mass is 32.1. The number of carbonyl (C=O) groups is 2. The van der Waals surface area contributed by atoms with Gasteiger partial charge in [0.15, 0.2) is 0 Å². The van der Waals surface area contributed by atoms with Crippen LogP contribution < -0.4 is 5.32 Å². The second kappa shape index (κ2) is 7.45. The van der Waals surface area contributed by atoms with E-state index < -0.39 is 5.97 Å². The maximum atomic E-state index is 12.3. The summed E-state index contributed by atoms with van der Waals surface area (Å²) in [7, 11) is 0. The number of nitrogens with zero attached hydrogens (tertiary/aromatic N) is 1. The predicted molar refractivity (Wildman–Crippen MR) is 82.3 cm³/mol. The van der Waals surface area contributed by atoms with E-state index in [1.807, 2.05) is 23.3 Å². The zero-order valence-electron chi connectivity index (χ0n) is 12.2. The summed E-state index contributed by atoms with van der Waals surface area (Å²) in [6, 6.07) is 2.30. The molecule has 1 aromatic heterocycles. The number of carboxylic acids is 1. The van der Waals surface area contributed by atoms with Crippen molar-refractivity contribution in [2.75, 3.05) is 6.54 Å². The second-order valence-corrected chi connectivity index (χ2v) is 6.33. The molecule has 1 fully saturated rings. The van der Waals surface area contributed by atoms with Crippen LogP contribution in [0.5, 0.6) is 0 Å². The van der Waals surface area contributed by atoms with E-state index in [2.05, 4.69) is 10.7 Å². The first-order valence-corrected chi connectivity index (χ1v) is 8.31. The summed E-state index contributed by atoms with van der Waals surface area (Å²) in [4.78, 5) is 25.0. The molecule has 0 aliphatic heterocycles. The number of nitrogens with one attached hydrogen (secondary N) is 1. The van der Waals surface area contributed by atoms with E-state index in [1.54, 1.807) is 11.3 Å². The van der Waals surface area contributed by atoms with Gasteiger partial charge < -0.3 is 15.3 Å². The molecule has 1 aromatic rings. The molecule has 1 unspecified atom stereocenters. The molecule has 1 saturated carbocycles. The van der Waals surface area contributed by atoms with E-state index in [9.17, 15) is 9.59 Å². The van der Waals surface area contributed by atoms with Crippen molar-refractivity contribution in [3.63, 3.8) is 0 Å². The molecular formula is C15H22N2O3S. The average Bonchev–Trinajstić information content (AvgIpc) is 3.16. The van der Waals surface area contributed by atoms with Crippen LogP contribution in [0, 0.1) is 5.92 Å². The standard InChI is InChI=1S/C15H22N2O3S/c1-2-11(7-14(18)19)8-16-15(20)17(13-3-4-13)9-12-5-6-21-10-12/h5-6,10-11,13H,2-4,7-9H2,1H3,(H,16,20)(H,18,19). The molecule has 1 heterocycles. The van der Waals surface area contributed by atoms with Crippen LogP contribution in [-0.2, 0) is 11.3 Å². The van der Waals surface area contributed by atoms with Crippen molar-refractivity contribution in [3.05, 3.63) is 22.4 Å². The summed E-state index contributed by atoms with van der Waals surface area (Å²) in [6.07, 6.45) is 2.97. The van der Waals surface area contributed by atoms with Crippen LogP contribution >= 0.6 is 11.3 Å². The number of hydrogen-bond acceptors (Lipinski definition) is 3. The number of urea groups is 1. The van der Waals surface area contributed by atoms with Gasteiger partial charge in [0.05, 0.1) is 0 Å². The first-order chi connectivity index (χ1) is 10.1. The quantitative estimate of drug-likeness (QED) is 0.775. The summed E-state index contributed by atoms with van der Waals surface area (Å²) in [6.45, 7) is 3.01. The van der Waals surface area contributed by atoms with Crippen LogP contribution in [0.2, 0.25) is 0 Å². The molecule has 0 bridgehead atoms. The number of amides is 2. The number of aliphatic carboxylic acids is 1. The maximum Gasteiger partial charge on any atom is 0.317 e. The minimum atomic E-state index is -0.812. The minimum Gasteiger partial charge on any atom is -0.481 e. The monoisotopic (exact) mass is 310 g/mol. The number of rotatable bonds is 8. The third-order valence-corrected chi connectivity index (χ3v) is 4.50. The highest BCUT2D eigenvalue weighted by molar-refractivity contribution is 7.07. The Balaban J connectivity index is 1.85. The highest BCUT2D eigenvalue weighted by Gasteiger charge is 2.32. The summed E-state index contributed by atoms with van der Waals surface area (Å²) in [5.74, 6) is -0.818. The lowest BCUT2D eigenvalue weighted by Crippen LogP contribution is -2.42. The second-order valence-electron chi connectivity index (χ2n) is 5.55. The lowest BCUT2D eigenvalue weighted by molar-refractivity contribution is -0.138. The Labute approximate surface area is 129 Å². The summed E-state index contributed by atoms with van der Waals surface area (Å²) in [5, 5.41) is 15.8. The van der Waals surface area contributed by atoms with Gasteiger partial charge in [0.2, 0.25) is 0 Å². The van der Waals surface area contributed by atoms with Crippen LogP contribution in [0.15, 0.2) is 16.8 Å². The van der Waals surface area contributed by atoms with Crippen molar-refractivity contribution >= 4 is 23.3 Å². The van der Waals surface area contributed by atoms with E-state index in [0.29, 0.717) is 19.1 Å². The lowest BCUT2D eigenvalue weighted by atomic mass is 10.0. The fraction of sp³-hybridized carbons (Fsp3) is 0.600. The normalized spacial score (nSPS) is 15.5. The molecule has 0 saturated heterocycles. The molecule has 2 rings (SSSR count). The zero-order valence-corrected chi connectivity index (χ0v) is 13.1. The van der Waals surface area contributed by atoms with E-state index in [-0.39, 0.29) is 18.4 Å². The maximum absolute atomic E-state index is 12.3. The number of thiophene rings is 1. The van der Waals surface area contributed by atoms with E-state index in [0.717, 1.165) is 24.8 Å². The van der Waals surface area contributed by atoms with E-state index in [1.165, 1.54) is 0 Å². The van der Waals surface area contributed by atoms with Crippen LogP contribution in [0.3, 0.4) is 0 Å².